The van der Waals surface area contributed by atoms with Crippen LogP contribution in [-0.4, -0.2) is 27.2 Å². The summed E-state index contributed by atoms with van der Waals surface area (Å²) in [4.78, 5) is 5.57. The number of methoxy groups -OCH3 is 2. The number of rotatable bonds is 6. The van der Waals surface area contributed by atoms with E-state index in [1.807, 2.05) is 12.1 Å². The molecule has 0 aliphatic rings. The van der Waals surface area contributed by atoms with Crippen LogP contribution in [0.2, 0.25) is 0 Å². The van der Waals surface area contributed by atoms with Crippen molar-refractivity contribution in [3.05, 3.63) is 44.1 Å². The number of thiophene rings is 1. The SMILES string of the molecule is CN=C(NCc1cc(Br)c(OC)c(OC)c1)NCc1sccc1C.I. The Morgan fingerprint density at radius 2 is 1.92 bits per heavy atom. The third kappa shape index (κ3) is 6.03. The lowest BCUT2D eigenvalue weighted by Gasteiger charge is -2.14. The lowest BCUT2D eigenvalue weighted by Crippen LogP contribution is -2.36. The van der Waals surface area contributed by atoms with Crippen LogP contribution in [0.15, 0.2) is 33.0 Å². The zero-order chi connectivity index (χ0) is 17.5. The summed E-state index contributed by atoms with van der Waals surface area (Å²) in [5.41, 5.74) is 2.36. The molecule has 0 atom stereocenters. The Morgan fingerprint density at radius 1 is 1.20 bits per heavy atom. The van der Waals surface area contributed by atoms with Gasteiger partial charge < -0.3 is 20.1 Å². The lowest BCUT2D eigenvalue weighted by molar-refractivity contribution is 0.352. The fourth-order valence-corrected chi connectivity index (χ4v) is 3.73. The molecule has 2 N–H and O–H groups in total. The van der Waals surface area contributed by atoms with Crippen LogP contribution in [0.25, 0.3) is 0 Å². The molecule has 25 heavy (non-hydrogen) atoms. The molecule has 8 heteroatoms. The predicted molar refractivity (Wildman–Crippen MR) is 119 cm³/mol. The van der Waals surface area contributed by atoms with Gasteiger partial charge in [0, 0.05) is 18.5 Å². The van der Waals surface area contributed by atoms with E-state index in [0.29, 0.717) is 18.0 Å². The summed E-state index contributed by atoms with van der Waals surface area (Å²) in [6, 6.07) is 6.08. The number of benzene rings is 1. The first-order valence-electron chi connectivity index (χ1n) is 7.47. The van der Waals surface area contributed by atoms with Gasteiger partial charge in [-0.3, -0.25) is 4.99 Å². The van der Waals surface area contributed by atoms with Crippen molar-refractivity contribution >= 4 is 57.2 Å². The zero-order valence-electron chi connectivity index (χ0n) is 14.7. The molecular weight excluding hydrogens is 517 g/mol. The van der Waals surface area contributed by atoms with Gasteiger partial charge in [-0.1, -0.05) is 0 Å². The summed E-state index contributed by atoms with van der Waals surface area (Å²) < 4.78 is 11.6. The highest BCUT2D eigenvalue weighted by Gasteiger charge is 2.11. The Labute approximate surface area is 178 Å². The molecule has 0 spiro atoms. The molecule has 1 heterocycles. The zero-order valence-corrected chi connectivity index (χ0v) is 19.4. The lowest BCUT2D eigenvalue weighted by atomic mass is 10.2. The Hall–Kier alpha value is -1.00. The second-order valence-corrected chi connectivity index (χ2v) is 6.97. The van der Waals surface area contributed by atoms with Crippen LogP contribution in [0.3, 0.4) is 0 Å². The topological polar surface area (TPSA) is 54.9 Å². The molecule has 2 aromatic rings. The normalized spacial score (nSPS) is 10.8. The molecule has 0 aliphatic heterocycles. The summed E-state index contributed by atoms with van der Waals surface area (Å²) in [6.45, 7) is 3.51. The second kappa shape index (κ2) is 10.9. The molecule has 0 amide bonds. The number of hydrogen-bond donors (Lipinski definition) is 2. The fourth-order valence-electron chi connectivity index (χ4n) is 2.23. The van der Waals surface area contributed by atoms with Gasteiger partial charge in [0.25, 0.3) is 0 Å². The molecule has 1 aromatic carbocycles. The molecule has 0 bridgehead atoms. The van der Waals surface area contributed by atoms with Gasteiger partial charge >= 0.3 is 0 Å². The average molecular weight is 540 g/mol. The van der Waals surface area contributed by atoms with Crippen LogP contribution in [0.5, 0.6) is 11.5 Å². The first-order valence-corrected chi connectivity index (χ1v) is 9.14. The summed E-state index contributed by atoms with van der Waals surface area (Å²) in [6.07, 6.45) is 0. The van der Waals surface area contributed by atoms with E-state index in [-0.39, 0.29) is 24.0 Å². The van der Waals surface area contributed by atoms with Gasteiger partial charge in [0.2, 0.25) is 0 Å². The van der Waals surface area contributed by atoms with Crippen LogP contribution >= 0.6 is 51.2 Å². The van der Waals surface area contributed by atoms with E-state index in [1.54, 1.807) is 32.6 Å². The standard InChI is InChI=1S/C17H22BrN3O2S.HI/c1-11-5-6-24-15(11)10-21-17(19-2)20-9-12-7-13(18)16(23-4)14(8-12)22-3;/h5-8H,9-10H2,1-4H3,(H2,19,20,21);1H. The van der Waals surface area contributed by atoms with Crippen molar-refractivity contribution < 1.29 is 9.47 Å². The van der Waals surface area contributed by atoms with Gasteiger partial charge in [-0.15, -0.1) is 35.3 Å². The summed E-state index contributed by atoms with van der Waals surface area (Å²) in [7, 11) is 5.02. The summed E-state index contributed by atoms with van der Waals surface area (Å²) in [5, 5.41) is 8.74. The molecule has 0 saturated heterocycles. The number of nitrogens with zero attached hydrogens (tertiary/aromatic N) is 1. The quantitative estimate of drug-likeness (QED) is 0.326. The maximum Gasteiger partial charge on any atom is 0.191 e. The Kier molecular flexibility index (Phi) is 9.58. The van der Waals surface area contributed by atoms with Crippen molar-refractivity contribution in [2.75, 3.05) is 21.3 Å². The van der Waals surface area contributed by atoms with E-state index >= 15 is 0 Å². The summed E-state index contributed by atoms with van der Waals surface area (Å²) >= 11 is 5.26. The summed E-state index contributed by atoms with van der Waals surface area (Å²) in [5.74, 6) is 2.14. The number of guanidine groups is 1. The van der Waals surface area contributed by atoms with E-state index < -0.39 is 0 Å². The van der Waals surface area contributed by atoms with Crippen LogP contribution in [0, 0.1) is 6.92 Å². The van der Waals surface area contributed by atoms with Crippen molar-refractivity contribution in [1.82, 2.24) is 10.6 Å². The van der Waals surface area contributed by atoms with E-state index in [1.165, 1.54) is 10.4 Å². The number of hydrogen-bond acceptors (Lipinski definition) is 4. The molecule has 0 radical (unpaired) electrons. The largest absolute Gasteiger partial charge is 0.493 e. The number of aliphatic imine (C=N–C) groups is 1. The third-order valence-corrected chi connectivity index (χ3v) is 5.17. The highest BCUT2D eigenvalue weighted by molar-refractivity contribution is 14.0. The van der Waals surface area contributed by atoms with Gasteiger partial charge in [-0.25, -0.2) is 0 Å². The number of nitrogens with one attached hydrogen (secondary N) is 2. The first kappa shape index (κ1) is 22.0. The molecule has 0 aliphatic carbocycles. The maximum absolute atomic E-state index is 5.37. The minimum atomic E-state index is 0. The molecule has 0 saturated carbocycles. The monoisotopic (exact) mass is 539 g/mol. The average Bonchev–Trinajstić information content (AvgIpc) is 2.99. The van der Waals surface area contributed by atoms with Crippen molar-refractivity contribution in [3.63, 3.8) is 0 Å². The fraction of sp³-hybridized carbons (Fsp3) is 0.353. The molecule has 138 valence electrons. The number of aryl methyl sites for hydroxylation is 1. The van der Waals surface area contributed by atoms with Crippen molar-refractivity contribution in [1.29, 1.82) is 0 Å². The molecule has 5 nitrogen and oxygen atoms in total. The molecule has 0 unspecified atom stereocenters. The second-order valence-electron chi connectivity index (χ2n) is 5.12. The number of halogens is 2. The Bertz CT molecular complexity index is 722. The van der Waals surface area contributed by atoms with E-state index in [2.05, 4.69) is 49.9 Å². The maximum atomic E-state index is 5.37. The van der Waals surface area contributed by atoms with Crippen molar-refractivity contribution in [2.45, 2.75) is 20.0 Å². The highest BCUT2D eigenvalue weighted by atomic mass is 127. The first-order chi connectivity index (χ1) is 11.6. The van der Waals surface area contributed by atoms with Gasteiger partial charge in [0.1, 0.15) is 0 Å². The van der Waals surface area contributed by atoms with Gasteiger partial charge in [0.05, 0.1) is 25.2 Å². The minimum Gasteiger partial charge on any atom is -0.493 e. The third-order valence-electron chi connectivity index (χ3n) is 3.56. The highest BCUT2D eigenvalue weighted by Crippen LogP contribution is 2.36. The number of ether oxygens (including phenoxy) is 2. The smallest absolute Gasteiger partial charge is 0.191 e. The Morgan fingerprint density at radius 3 is 2.48 bits per heavy atom. The van der Waals surface area contributed by atoms with Crippen molar-refractivity contribution in [3.8, 4) is 11.5 Å². The van der Waals surface area contributed by atoms with Crippen molar-refractivity contribution in [2.24, 2.45) is 4.99 Å². The molecule has 0 fully saturated rings. The van der Waals surface area contributed by atoms with E-state index in [9.17, 15) is 0 Å². The van der Waals surface area contributed by atoms with E-state index in [4.69, 9.17) is 9.47 Å². The molecule has 2 rings (SSSR count). The van der Waals surface area contributed by atoms with Crippen LogP contribution in [0.4, 0.5) is 0 Å². The molecule has 1 aromatic heterocycles. The van der Waals surface area contributed by atoms with Gasteiger partial charge in [0.15, 0.2) is 17.5 Å². The van der Waals surface area contributed by atoms with E-state index in [0.717, 1.165) is 22.5 Å². The predicted octanol–water partition coefficient (Wildman–Crippen LogP) is 4.32. The van der Waals surface area contributed by atoms with Crippen LogP contribution in [-0.2, 0) is 13.1 Å². The van der Waals surface area contributed by atoms with Crippen LogP contribution in [0.1, 0.15) is 16.0 Å². The van der Waals surface area contributed by atoms with Gasteiger partial charge in [-0.05, 0) is 57.6 Å². The minimum absolute atomic E-state index is 0. The van der Waals surface area contributed by atoms with Crippen LogP contribution < -0.4 is 20.1 Å². The molecular formula is C17H23BrIN3O2S. The Balaban J connectivity index is 0.00000312. The van der Waals surface area contributed by atoms with Gasteiger partial charge in [-0.2, -0.15) is 0 Å².